The summed E-state index contributed by atoms with van der Waals surface area (Å²) in [5.74, 6) is -0.149. The molecule has 0 bridgehead atoms. The van der Waals surface area contributed by atoms with Gasteiger partial charge in [-0.2, -0.15) is 0 Å². The van der Waals surface area contributed by atoms with E-state index in [4.69, 9.17) is 0 Å². The lowest BCUT2D eigenvalue weighted by atomic mass is 10.1. The largest absolute Gasteiger partial charge is 0.387 e. The third-order valence-corrected chi connectivity index (χ3v) is 2.90. The molecular formula is C16H18N2O2. The summed E-state index contributed by atoms with van der Waals surface area (Å²) in [5.41, 5.74) is 1.69. The van der Waals surface area contributed by atoms with Crippen molar-refractivity contribution in [1.29, 1.82) is 0 Å². The molecule has 0 aliphatic rings. The van der Waals surface area contributed by atoms with Gasteiger partial charge in [-0.3, -0.25) is 4.79 Å². The number of hydrogen-bond acceptors (Lipinski definition) is 3. The minimum Gasteiger partial charge on any atom is -0.387 e. The number of anilines is 1. The van der Waals surface area contributed by atoms with E-state index in [1.54, 1.807) is 0 Å². The first-order chi connectivity index (χ1) is 9.75. The van der Waals surface area contributed by atoms with Crippen LogP contribution in [0.2, 0.25) is 0 Å². The second kappa shape index (κ2) is 7.31. The van der Waals surface area contributed by atoms with Crippen molar-refractivity contribution in [2.45, 2.75) is 6.10 Å². The van der Waals surface area contributed by atoms with Gasteiger partial charge in [-0.05, 0) is 17.7 Å². The third kappa shape index (κ3) is 4.40. The van der Waals surface area contributed by atoms with Crippen molar-refractivity contribution in [1.82, 2.24) is 5.32 Å². The Kier molecular flexibility index (Phi) is 5.15. The van der Waals surface area contributed by atoms with Gasteiger partial charge in [-0.15, -0.1) is 0 Å². The molecule has 1 atom stereocenters. The van der Waals surface area contributed by atoms with E-state index in [-0.39, 0.29) is 19.0 Å². The monoisotopic (exact) mass is 270 g/mol. The minimum absolute atomic E-state index is 0.149. The molecule has 0 aromatic heterocycles. The van der Waals surface area contributed by atoms with Gasteiger partial charge in [0, 0.05) is 12.2 Å². The Bertz CT molecular complexity index is 529. The van der Waals surface area contributed by atoms with Gasteiger partial charge < -0.3 is 15.7 Å². The van der Waals surface area contributed by atoms with E-state index in [1.165, 1.54) is 0 Å². The first-order valence-corrected chi connectivity index (χ1v) is 6.54. The molecule has 0 spiro atoms. The van der Waals surface area contributed by atoms with Crippen LogP contribution in [0.25, 0.3) is 0 Å². The quantitative estimate of drug-likeness (QED) is 0.752. The predicted molar refractivity (Wildman–Crippen MR) is 79.3 cm³/mol. The second-order valence-electron chi connectivity index (χ2n) is 4.45. The summed E-state index contributed by atoms with van der Waals surface area (Å²) in [6.07, 6.45) is -0.683. The molecule has 2 rings (SSSR count). The number of aliphatic hydroxyl groups excluding tert-OH is 1. The number of benzene rings is 2. The Balaban J connectivity index is 1.73. The van der Waals surface area contributed by atoms with Crippen LogP contribution >= 0.6 is 0 Å². The highest BCUT2D eigenvalue weighted by Gasteiger charge is 2.08. The molecule has 4 nitrogen and oxygen atoms in total. The molecule has 0 saturated carbocycles. The zero-order valence-corrected chi connectivity index (χ0v) is 11.1. The first kappa shape index (κ1) is 14.1. The summed E-state index contributed by atoms with van der Waals surface area (Å²) in [6, 6.07) is 18.8. The van der Waals surface area contributed by atoms with Crippen molar-refractivity contribution in [2.24, 2.45) is 0 Å². The summed E-state index contributed by atoms with van der Waals surface area (Å²) in [4.78, 5) is 11.7. The smallest absolute Gasteiger partial charge is 0.239 e. The van der Waals surface area contributed by atoms with Gasteiger partial charge >= 0.3 is 0 Å². The van der Waals surface area contributed by atoms with Gasteiger partial charge in [0.1, 0.15) is 0 Å². The minimum atomic E-state index is -0.683. The van der Waals surface area contributed by atoms with Crippen LogP contribution < -0.4 is 10.6 Å². The summed E-state index contributed by atoms with van der Waals surface area (Å²) in [7, 11) is 0. The zero-order chi connectivity index (χ0) is 14.2. The van der Waals surface area contributed by atoms with E-state index in [9.17, 15) is 9.90 Å². The molecule has 4 heteroatoms. The number of carbonyl (C=O) groups is 1. The standard InChI is InChI=1S/C16H18N2O2/c19-15(13-7-3-1-4-8-13)11-18-16(20)12-17-14-9-5-2-6-10-14/h1-10,15,17,19H,11-12H2,(H,18,20). The maximum atomic E-state index is 11.7. The van der Waals surface area contributed by atoms with E-state index >= 15 is 0 Å². The van der Waals surface area contributed by atoms with Gasteiger partial charge in [0.2, 0.25) is 5.91 Å². The Morgan fingerprint density at radius 3 is 2.25 bits per heavy atom. The lowest BCUT2D eigenvalue weighted by molar-refractivity contribution is -0.119. The topological polar surface area (TPSA) is 61.4 Å². The Labute approximate surface area is 118 Å². The van der Waals surface area contributed by atoms with Gasteiger partial charge in [-0.1, -0.05) is 48.5 Å². The van der Waals surface area contributed by atoms with Crippen molar-refractivity contribution >= 4 is 11.6 Å². The van der Waals surface area contributed by atoms with Crippen molar-refractivity contribution in [3.8, 4) is 0 Å². The molecule has 0 aliphatic heterocycles. The maximum Gasteiger partial charge on any atom is 0.239 e. The van der Waals surface area contributed by atoms with Crippen LogP contribution in [0.4, 0.5) is 5.69 Å². The van der Waals surface area contributed by atoms with Crippen molar-refractivity contribution < 1.29 is 9.90 Å². The number of carbonyl (C=O) groups excluding carboxylic acids is 1. The number of aliphatic hydroxyl groups is 1. The lowest BCUT2D eigenvalue weighted by Crippen LogP contribution is -2.33. The molecule has 20 heavy (non-hydrogen) atoms. The summed E-state index contributed by atoms with van der Waals surface area (Å²) < 4.78 is 0. The Hall–Kier alpha value is -2.33. The summed E-state index contributed by atoms with van der Waals surface area (Å²) in [6.45, 7) is 0.394. The van der Waals surface area contributed by atoms with Crippen LogP contribution in [0, 0.1) is 0 Å². The molecule has 1 unspecified atom stereocenters. The average Bonchev–Trinajstić information content (AvgIpc) is 2.52. The normalized spacial score (nSPS) is 11.7. The van der Waals surface area contributed by atoms with E-state index in [0.717, 1.165) is 11.3 Å². The molecule has 1 amide bonds. The molecule has 104 valence electrons. The second-order valence-corrected chi connectivity index (χ2v) is 4.45. The SMILES string of the molecule is O=C(CNc1ccccc1)NCC(O)c1ccccc1. The van der Waals surface area contributed by atoms with Crippen LogP contribution in [0.1, 0.15) is 11.7 Å². The molecule has 2 aromatic rings. The average molecular weight is 270 g/mol. The molecular weight excluding hydrogens is 252 g/mol. The Morgan fingerprint density at radius 2 is 1.60 bits per heavy atom. The number of para-hydroxylation sites is 1. The fourth-order valence-electron chi connectivity index (χ4n) is 1.80. The highest BCUT2D eigenvalue weighted by atomic mass is 16.3. The summed E-state index contributed by atoms with van der Waals surface area (Å²) in [5, 5.41) is 15.6. The fourth-order valence-corrected chi connectivity index (χ4v) is 1.80. The van der Waals surface area contributed by atoms with Gasteiger partial charge in [0.15, 0.2) is 0 Å². The van der Waals surface area contributed by atoms with Gasteiger partial charge in [-0.25, -0.2) is 0 Å². The van der Waals surface area contributed by atoms with Crippen molar-refractivity contribution in [3.63, 3.8) is 0 Å². The van der Waals surface area contributed by atoms with E-state index in [0.29, 0.717) is 0 Å². The molecule has 0 saturated heterocycles. The number of rotatable bonds is 6. The van der Waals surface area contributed by atoms with Crippen LogP contribution in [-0.2, 0) is 4.79 Å². The number of hydrogen-bond donors (Lipinski definition) is 3. The fraction of sp³-hybridized carbons (Fsp3) is 0.188. The molecule has 0 radical (unpaired) electrons. The predicted octanol–water partition coefficient (Wildman–Crippen LogP) is 1.95. The lowest BCUT2D eigenvalue weighted by Gasteiger charge is -2.12. The highest BCUT2D eigenvalue weighted by molar-refractivity contribution is 5.80. The third-order valence-electron chi connectivity index (χ3n) is 2.90. The first-order valence-electron chi connectivity index (χ1n) is 6.54. The molecule has 0 fully saturated rings. The van der Waals surface area contributed by atoms with E-state index in [1.807, 2.05) is 60.7 Å². The van der Waals surface area contributed by atoms with Gasteiger partial charge in [0.05, 0.1) is 12.6 Å². The van der Waals surface area contributed by atoms with Gasteiger partial charge in [0.25, 0.3) is 0 Å². The molecule has 0 aliphatic carbocycles. The van der Waals surface area contributed by atoms with Crippen LogP contribution in [0.15, 0.2) is 60.7 Å². The molecule has 3 N–H and O–H groups in total. The zero-order valence-electron chi connectivity index (χ0n) is 11.1. The highest BCUT2D eigenvalue weighted by Crippen LogP contribution is 2.10. The molecule has 0 heterocycles. The van der Waals surface area contributed by atoms with E-state index < -0.39 is 6.10 Å². The molecule has 2 aromatic carbocycles. The van der Waals surface area contributed by atoms with Crippen LogP contribution in [0.3, 0.4) is 0 Å². The Morgan fingerprint density at radius 1 is 1.00 bits per heavy atom. The van der Waals surface area contributed by atoms with E-state index in [2.05, 4.69) is 10.6 Å². The summed E-state index contributed by atoms with van der Waals surface area (Å²) >= 11 is 0. The van der Waals surface area contributed by atoms with Crippen molar-refractivity contribution in [2.75, 3.05) is 18.4 Å². The van der Waals surface area contributed by atoms with Crippen LogP contribution in [0.5, 0.6) is 0 Å². The van der Waals surface area contributed by atoms with Crippen molar-refractivity contribution in [3.05, 3.63) is 66.2 Å². The number of amides is 1. The maximum absolute atomic E-state index is 11.7. The van der Waals surface area contributed by atoms with Crippen LogP contribution in [-0.4, -0.2) is 24.1 Å². The number of nitrogens with one attached hydrogen (secondary N) is 2.